The van der Waals surface area contributed by atoms with Crippen molar-refractivity contribution in [1.29, 1.82) is 0 Å². The summed E-state index contributed by atoms with van der Waals surface area (Å²) in [6.07, 6.45) is 2.45. The van der Waals surface area contributed by atoms with Crippen LogP contribution in [0.15, 0.2) is 66.9 Å². The van der Waals surface area contributed by atoms with E-state index in [0.717, 1.165) is 22.6 Å². The van der Waals surface area contributed by atoms with Gasteiger partial charge in [-0.1, -0.05) is 60.7 Å². The Hall–Kier alpha value is -2.88. The second-order valence-electron chi connectivity index (χ2n) is 5.30. The molecule has 0 aliphatic heterocycles. The van der Waals surface area contributed by atoms with Crippen LogP contribution in [0, 0.1) is 0 Å². The van der Waals surface area contributed by atoms with Crippen LogP contribution in [0.3, 0.4) is 0 Å². The second kappa shape index (κ2) is 6.92. The number of benzene rings is 2. The summed E-state index contributed by atoms with van der Waals surface area (Å²) >= 11 is 0. The Morgan fingerprint density at radius 2 is 1.61 bits per heavy atom. The molecular weight excluding hydrogens is 286 g/mol. The highest BCUT2D eigenvalue weighted by Crippen LogP contribution is 2.25. The maximum atomic E-state index is 11.6. The fraction of sp³-hybridized carbons (Fsp3) is 0.158. The lowest BCUT2D eigenvalue weighted by molar-refractivity contribution is -0.120. The number of nitrogens with one attached hydrogen (secondary N) is 1. The van der Waals surface area contributed by atoms with Crippen LogP contribution >= 0.6 is 0 Å². The van der Waals surface area contributed by atoms with Gasteiger partial charge in [0.05, 0.1) is 5.69 Å². The molecule has 4 heteroatoms. The largest absolute Gasteiger partial charge is 0.359 e. The van der Waals surface area contributed by atoms with Gasteiger partial charge in [-0.05, 0) is 0 Å². The summed E-state index contributed by atoms with van der Waals surface area (Å²) < 4.78 is 2.05. The van der Waals surface area contributed by atoms with Gasteiger partial charge in [0.1, 0.15) is 5.82 Å². The Bertz CT molecular complexity index is 779. The minimum atomic E-state index is 0.0268. The summed E-state index contributed by atoms with van der Waals surface area (Å²) in [5, 5.41) is 2.66. The first-order valence-corrected chi connectivity index (χ1v) is 7.66. The maximum absolute atomic E-state index is 11.6. The zero-order chi connectivity index (χ0) is 16.1. The lowest BCUT2D eigenvalue weighted by Crippen LogP contribution is -2.19. The molecule has 4 nitrogen and oxygen atoms in total. The van der Waals surface area contributed by atoms with Crippen molar-refractivity contribution >= 4 is 5.91 Å². The third-order valence-electron chi connectivity index (χ3n) is 3.74. The van der Waals surface area contributed by atoms with Gasteiger partial charge in [0.25, 0.3) is 0 Å². The summed E-state index contributed by atoms with van der Waals surface area (Å²) in [6.45, 7) is 0.601. The fourth-order valence-corrected chi connectivity index (χ4v) is 2.50. The average molecular weight is 305 g/mol. The van der Waals surface area contributed by atoms with Crippen molar-refractivity contribution in [2.45, 2.75) is 13.0 Å². The van der Waals surface area contributed by atoms with Crippen LogP contribution in [0.25, 0.3) is 22.6 Å². The van der Waals surface area contributed by atoms with E-state index in [-0.39, 0.29) is 5.91 Å². The van der Waals surface area contributed by atoms with E-state index in [1.165, 1.54) is 0 Å². The Morgan fingerprint density at radius 1 is 1.00 bits per heavy atom. The molecule has 3 rings (SSSR count). The Balaban J connectivity index is 1.98. The van der Waals surface area contributed by atoms with Gasteiger partial charge in [0.2, 0.25) is 5.91 Å². The summed E-state index contributed by atoms with van der Waals surface area (Å²) in [5.74, 6) is 0.910. The minimum absolute atomic E-state index is 0.0268. The molecule has 1 N–H and O–H groups in total. The molecule has 0 saturated heterocycles. The molecule has 0 fully saturated rings. The van der Waals surface area contributed by atoms with E-state index in [1.54, 1.807) is 7.05 Å². The lowest BCUT2D eigenvalue weighted by atomic mass is 10.2. The highest BCUT2D eigenvalue weighted by molar-refractivity contribution is 5.75. The Kier molecular flexibility index (Phi) is 4.52. The van der Waals surface area contributed by atoms with Crippen molar-refractivity contribution in [3.05, 3.63) is 66.9 Å². The summed E-state index contributed by atoms with van der Waals surface area (Å²) in [5.41, 5.74) is 3.04. The van der Waals surface area contributed by atoms with Crippen LogP contribution in [0.4, 0.5) is 0 Å². The van der Waals surface area contributed by atoms with Crippen molar-refractivity contribution < 1.29 is 4.79 Å². The number of carbonyl (C=O) groups is 1. The predicted molar refractivity (Wildman–Crippen MR) is 91.8 cm³/mol. The molecule has 23 heavy (non-hydrogen) atoms. The zero-order valence-corrected chi connectivity index (χ0v) is 13.1. The van der Waals surface area contributed by atoms with Crippen molar-refractivity contribution in [2.24, 2.45) is 0 Å². The number of aryl methyl sites for hydroxylation is 1. The highest BCUT2D eigenvalue weighted by Gasteiger charge is 2.12. The van der Waals surface area contributed by atoms with Gasteiger partial charge in [0.15, 0.2) is 0 Å². The van der Waals surface area contributed by atoms with Gasteiger partial charge < -0.3 is 9.88 Å². The molecule has 1 aromatic heterocycles. The molecule has 0 unspecified atom stereocenters. The zero-order valence-electron chi connectivity index (χ0n) is 13.1. The van der Waals surface area contributed by atoms with Crippen LogP contribution in [0.5, 0.6) is 0 Å². The molecular formula is C19H19N3O. The monoisotopic (exact) mass is 305 g/mol. The number of rotatable bonds is 5. The number of amides is 1. The molecule has 0 spiro atoms. The van der Waals surface area contributed by atoms with E-state index >= 15 is 0 Å². The number of imidazole rings is 1. The average Bonchev–Trinajstić information content (AvgIpc) is 3.05. The molecule has 1 heterocycles. The quantitative estimate of drug-likeness (QED) is 0.786. The minimum Gasteiger partial charge on any atom is -0.359 e. The molecule has 0 aliphatic rings. The highest BCUT2D eigenvalue weighted by atomic mass is 16.1. The normalized spacial score (nSPS) is 10.5. The van der Waals surface area contributed by atoms with E-state index < -0.39 is 0 Å². The van der Waals surface area contributed by atoms with Crippen LogP contribution in [0.2, 0.25) is 0 Å². The van der Waals surface area contributed by atoms with Crippen molar-refractivity contribution in [3.63, 3.8) is 0 Å². The third-order valence-corrected chi connectivity index (χ3v) is 3.74. The van der Waals surface area contributed by atoms with Crippen LogP contribution < -0.4 is 5.32 Å². The van der Waals surface area contributed by atoms with Gasteiger partial charge in [-0.15, -0.1) is 0 Å². The van der Waals surface area contributed by atoms with E-state index in [1.807, 2.05) is 71.4 Å². The van der Waals surface area contributed by atoms with Gasteiger partial charge in [0, 0.05) is 37.3 Å². The Labute approximate surface area is 135 Å². The fourth-order valence-electron chi connectivity index (χ4n) is 2.50. The number of nitrogens with zero attached hydrogens (tertiary/aromatic N) is 2. The van der Waals surface area contributed by atoms with E-state index in [9.17, 15) is 4.79 Å². The first-order chi connectivity index (χ1) is 11.3. The summed E-state index contributed by atoms with van der Waals surface area (Å²) in [6, 6.07) is 20.1. The van der Waals surface area contributed by atoms with Gasteiger partial charge in [-0.2, -0.15) is 0 Å². The maximum Gasteiger partial charge on any atom is 0.221 e. The number of hydrogen-bond acceptors (Lipinski definition) is 2. The molecule has 0 aliphatic carbocycles. The Morgan fingerprint density at radius 3 is 2.22 bits per heavy atom. The molecule has 2 aromatic carbocycles. The number of aromatic nitrogens is 2. The lowest BCUT2D eigenvalue weighted by Gasteiger charge is -2.07. The van der Waals surface area contributed by atoms with Crippen molar-refractivity contribution in [3.8, 4) is 22.6 Å². The van der Waals surface area contributed by atoms with Gasteiger partial charge >= 0.3 is 0 Å². The van der Waals surface area contributed by atoms with Crippen LogP contribution in [-0.4, -0.2) is 22.5 Å². The number of carbonyl (C=O) groups excluding carboxylic acids is 1. The van der Waals surface area contributed by atoms with Crippen molar-refractivity contribution in [1.82, 2.24) is 14.9 Å². The van der Waals surface area contributed by atoms with Gasteiger partial charge in [-0.25, -0.2) is 4.98 Å². The second-order valence-corrected chi connectivity index (χ2v) is 5.30. The molecule has 0 bridgehead atoms. The SMILES string of the molecule is CNC(=O)CCn1cc(-c2ccccc2)nc1-c1ccccc1. The van der Waals surface area contributed by atoms with Crippen molar-refractivity contribution in [2.75, 3.05) is 7.05 Å². The molecule has 3 aromatic rings. The van der Waals surface area contributed by atoms with E-state index in [4.69, 9.17) is 4.98 Å². The first kappa shape index (κ1) is 15.0. The topological polar surface area (TPSA) is 46.9 Å². The van der Waals surface area contributed by atoms with E-state index in [2.05, 4.69) is 5.32 Å². The first-order valence-electron chi connectivity index (χ1n) is 7.66. The molecule has 116 valence electrons. The molecule has 0 atom stereocenters. The molecule has 1 amide bonds. The summed E-state index contributed by atoms with van der Waals surface area (Å²) in [4.78, 5) is 16.4. The number of hydrogen-bond donors (Lipinski definition) is 1. The summed E-state index contributed by atoms with van der Waals surface area (Å²) in [7, 11) is 1.66. The van der Waals surface area contributed by atoms with E-state index in [0.29, 0.717) is 13.0 Å². The molecule has 0 radical (unpaired) electrons. The standard InChI is InChI=1S/C19H19N3O/c1-20-18(23)12-13-22-14-17(15-8-4-2-5-9-15)21-19(22)16-10-6-3-7-11-16/h2-11,14H,12-13H2,1H3,(H,20,23). The third kappa shape index (κ3) is 3.48. The predicted octanol–water partition coefficient (Wildman–Crippen LogP) is 3.35. The van der Waals surface area contributed by atoms with Crippen LogP contribution in [0.1, 0.15) is 6.42 Å². The smallest absolute Gasteiger partial charge is 0.221 e. The van der Waals surface area contributed by atoms with Crippen LogP contribution in [-0.2, 0) is 11.3 Å². The molecule has 0 saturated carbocycles. The van der Waals surface area contributed by atoms with Gasteiger partial charge in [-0.3, -0.25) is 4.79 Å².